The fourth-order valence-electron chi connectivity index (χ4n) is 2.08. The summed E-state index contributed by atoms with van der Waals surface area (Å²) in [5.74, 6) is 0.176. The fourth-order valence-corrected chi connectivity index (χ4v) is 2.08. The molecule has 1 heterocycles. The Morgan fingerprint density at radius 2 is 1.93 bits per heavy atom. The van der Waals surface area contributed by atoms with E-state index in [9.17, 15) is 4.79 Å². The lowest BCUT2D eigenvalue weighted by Crippen LogP contribution is -2.54. The number of carbonyl (C=O) groups is 1. The first-order valence-corrected chi connectivity index (χ1v) is 6.02. The molecule has 1 amide bonds. The van der Waals surface area contributed by atoms with Crippen molar-refractivity contribution in [1.82, 2.24) is 10.2 Å². The van der Waals surface area contributed by atoms with Crippen LogP contribution in [0.5, 0.6) is 0 Å². The van der Waals surface area contributed by atoms with Crippen LogP contribution in [0, 0.1) is 0 Å². The first-order chi connectivity index (χ1) is 6.97. The maximum atomic E-state index is 11.4. The maximum absolute atomic E-state index is 11.4. The molecule has 3 nitrogen and oxygen atoms in total. The number of nitrogens with zero attached hydrogens (tertiary/aromatic N) is 1. The predicted octanol–water partition coefficient (Wildman–Crippen LogP) is 1.78. The molecule has 0 atom stereocenters. The van der Waals surface area contributed by atoms with Crippen molar-refractivity contribution in [1.29, 1.82) is 0 Å². The van der Waals surface area contributed by atoms with Gasteiger partial charge in [-0.1, -0.05) is 6.92 Å². The van der Waals surface area contributed by atoms with E-state index in [0.717, 1.165) is 25.9 Å². The smallest absolute Gasteiger partial charge is 0.220 e. The topological polar surface area (TPSA) is 32.3 Å². The molecule has 15 heavy (non-hydrogen) atoms. The van der Waals surface area contributed by atoms with E-state index in [-0.39, 0.29) is 11.4 Å². The van der Waals surface area contributed by atoms with Gasteiger partial charge in [-0.25, -0.2) is 0 Å². The Kier molecular flexibility index (Phi) is 4.14. The quantitative estimate of drug-likeness (QED) is 0.773. The molecule has 0 aliphatic carbocycles. The van der Waals surface area contributed by atoms with Crippen LogP contribution in [-0.4, -0.2) is 35.5 Å². The fraction of sp³-hybridized carbons (Fsp3) is 0.917. The molecule has 0 aromatic heterocycles. The average molecular weight is 212 g/mol. The van der Waals surface area contributed by atoms with Gasteiger partial charge < -0.3 is 10.2 Å². The second-order valence-corrected chi connectivity index (χ2v) is 5.09. The van der Waals surface area contributed by atoms with E-state index in [1.165, 1.54) is 0 Å². The molecule has 0 spiro atoms. The van der Waals surface area contributed by atoms with Gasteiger partial charge in [-0.05, 0) is 33.6 Å². The minimum absolute atomic E-state index is 0.0263. The number of carbonyl (C=O) groups excluding carboxylic acids is 1. The maximum Gasteiger partial charge on any atom is 0.220 e. The molecule has 1 saturated heterocycles. The summed E-state index contributed by atoms with van der Waals surface area (Å²) in [4.78, 5) is 13.8. The van der Waals surface area contributed by atoms with Gasteiger partial charge in [0, 0.05) is 31.1 Å². The molecule has 0 aromatic carbocycles. The highest BCUT2D eigenvalue weighted by atomic mass is 16.1. The summed E-state index contributed by atoms with van der Waals surface area (Å²) >= 11 is 0. The van der Waals surface area contributed by atoms with E-state index < -0.39 is 0 Å². The number of amides is 1. The Bertz CT molecular complexity index is 218. The number of hydrogen-bond acceptors (Lipinski definition) is 2. The third kappa shape index (κ3) is 3.49. The first kappa shape index (κ1) is 12.5. The predicted molar refractivity (Wildman–Crippen MR) is 62.8 cm³/mol. The van der Waals surface area contributed by atoms with E-state index in [2.05, 4.69) is 31.0 Å². The second-order valence-electron chi connectivity index (χ2n) is 5.09. The van der Waals surface area contributed by atoms with Crippen molar-refractivity contribution in [3.05, 3.63) is 0 Å². The summed E-state index contributed by atoms with van der Waals surface area (Å²) in [6.07, 6.45) is 2.72. The number of likely N-dealkylation sites (tertiary alicyclic amines) is 1. The lowest BCUT2D eigenvalue weighted by Gasteiger charge is -2.41. The van der Waals surface area contributed by atoms with Crippen molar-refractivity contribution in [2.45, 2.75) is 58.5 Å². The van der Waals surface area contributed by atoms with Crippen molar-refractivity contribution >= 4 is 5.91 Å². The van der Waals surface area contributed by atoms with Gasteiger partial charge in [0.25, 0.3) is 0 Å². The van der Waals surface area contributed by atoms with Crippen LogP contribution in [0.4, 0.5) is 0 Å². The molecule has 0 aromatic rings. The van der Waals surface area contributed by atoms with Crippen molar-refractivity contribution in [3.8, 4) is 0 Å². The van der Waals surface area contributed by atoms with Crippen LogP contribution in [0.1, 0.15) is 47.0 Å². The molecule has 3 heteroatoms. The molecule has 0 bridgehead atoms. The third-order valence-corrected chi connectivity index (χ3v) is 3.39. The Labute approximate surface area is 93.2 Å². The molecule has 1 fully saturated rings. The van der Waals surface area contributed by atoms with Gasteiger partial charge in [-0.15, -0.1) is 0 Å². The lowest BCUT2D eigenvalue weighted by atomic mass is 9.89. The van der Waals surface area contributed by atoms with E-state index in [4.69, 9.17) is 0 Å². The van der Waals surface area contributed by atoms with E-state index in [1.807, 2.05) is 6.92 Å². The summed E-state index contributed by atoms with van der Waals surface area (Å²) in [6, 6.07) is 0.622. The number of rotatable bonds is 3. The molecular formula is C12H24N2O. The summed E-state index contributed by atoms with van der Waals surface area (Å²) in [5, 5.41) is 3.14. The summed E-state index contributed by atoms with van der Waals surface area (Å²) in [5.41, 5.74) is 0.0263. The van der Waals surface area contributed by atoms with E-state index >= 15 is 0 Å². The first-order valence-electron chi connectivity index (χ1n) is 6.02. The molecule has 1 rings (SSSR count). The van der Waals surface area contributed by atoms with Crippen LogP contribution in [-0.2, 0) is 4.79 Å². The molecule has 0 saturated carbocycles. The summed E-state index contributed by atoms with van der Waals surface area (Å²) in [7, 11) is 0. The van der Waals surface area contributed by atoms with Crippen molar-refractivity contribution in [2.24, 2.45) is 0 Å². The highest BCUT2D eigenvalue weighted by molar-refractivity contribution is 5.76. The largest absolute Gasteiger partial charge is 0.351 e. The Morgan fingerprint density at radius 1 is 1.40 bits per heavy atom. The lowest BCUT2D eigenvalue weighted by molar-refractivity contribution is -0.123. The second kappa shape index (κ2) is 4.97. The molecular weight excluding hydrogens is 188 g/mol. The van der Waals surface area contributed by atoms with Gasteiger partial charge >= 0.3 is 0 Å². The SMILES string of the molecule is CCC(=O)NC1(C)CCN(C(C)C)CC1. The van der Waals surface area contributed by atoms with Crippen molar-refractivity contribution in [3.63, 3.8) is 0 Å². The van der Waals surface area contributed by atoms with Crippen LogP contribution in [0.3, 0.4) is 0 Å². The van der Waals surface area contributed by atoms with Crippen LogP contribution in [0.25, 0.3) is 0 Å². The zero-order chi connectivity index (χ0) is 11.5. The normalized spacial score (nSPS) is 21.7. The number of hydrogen-bond donors (Lipinski definition) is 1. The highest BCUT2D eigenvalue weighted by Gasteiger charge is 2.31. The highest BCUT2D eigenvalue weighted by Crippen LogP contribution is 2.22. The zero-order valence-electron chi connectivity index (χ0n) is 10.5. The summed E-state index contributed by atoms with van der Waals surface area (Å²) < 4.78 is 0. The van der Waals surface area contributed by atoms with Gasteiger partial charge in [0.2, 0.25) is 5.91 Å². The van der Waals surface area contributed by atoms with Crippen LogP contribution in [0.2, 0.25) is 0 Å². The Morgan fingerprint density at radius 3 is 2.33 bits per heavy atom. The average Bonchev–Trinajstić information content (AvgIpc) is 2.17. The van der Waals surface area contributed by atoms with Crippen LogP contribution in [0.15, 0.2) is 0 Å². The van der Waals surface area contributed by atoms with Gasteiger partial charge in [-0.3, -0.25) is 4.79 Å². The zero-order valence-corrected chi connectivity index (χ0v) is 10.5. The molecule has 0 unspecified atom stereocenters. The minimum Gasteiger partial charge on any atom is -0.351 e. The standard InChI is InChI=1S/C12H24N2O/c1-5-11(15)13-12(4)6-8-14(9-7-12)10(2)3/h10H,5-9H2,1-4H3,(H,13,15). The van der Waals surface area contributed by atoms with E-state index in [0.29, 0.717) is 12.5 Å². The monoisotopic (exact) mass is 212 g/mol. The Hall–Kier alpha value is -0.570. The number of piperidine rings is 1. The van der Waals surface area contributed by atoms with Gasteiger partial charge in [-0.2, -0.15) is 0 Å². The van der Waals surface area contributed by atoms with Crippen LogP contribution < -0.4 is 5.32 Å². The molecule has 1 aliphatic rings. The van der Waals surface area contributed by atoms with Crippen molar-refractivity contribution < 1.29 is 4.79 Å². The third-order valence-electron chi connectivity index (χ3n) is 3.39. The molecule has 1 aliphatic heterocycles. The van der Waals surface area contributed by atoms with Gasteiger partial charge in [0.15, 0.2) is 0 Å². The minimum atomic E-state index is 0.0263. The molecule has 0 radical (unpaired) electrons. The summed E-state index contributed by atoms with van der Waals surface area (Å²) in [6.45, 7) is 10.7. The van der Waals surface area contributed by atoms with Crippen molar-refractivity contribution in [2.75, 3.05) is 13.1 Å². The van der Waals surface area contributed by atoms with Gasteiger partial charge in [0.05, 0.1) is 0 Å². The molecule has 1 N–H and O–H groups in total. The van der Waals surface area contributed by atoms with E-state index in [1.54, 1.807) is 0 Å². The van der Waals surface area contributed by atoms with Gasteiger partial charge in [0.1, 0.15) is 0 Å². The molecule has 88 valence electrons. The Balaban J connectivity index is 2.44. The number of nitrogens with one attached hydrogen (secondary N) is 1. The van der Waals surface area contributed by atoms with Crippen LogP contribution >= 0.6 is 0 Å².